The van der Waals surface area contributed by atoms with Gasteiger partial charge in [0.2, 0.25) is 0 Å². The van der Waals surface area contributed by atoms with Gasteiger partial charge in [-0.25, -0.2) is 0 Å². The van der Waals surface area contributed by atoms with Crippen molar-refractivity contribution in [2.24, 2.45) is 0 Å². The van der Waals surface area contributed by atoms with E-state index in [0.717, 1.165) is 5.52 Å². The van der Waals surface area contributed by atoms with Gasteiger partial charge in [-0.3, -0.25) is 9.78 Å². The first-order chi connectivity index (χ1) is 6.72. The molecule has 0 aliphatic heterocycles. The van der Waals surface area contributed by atoms with Crippen LogP contribution in [0.15, 0.2) is 18.5 Å². The highest BCUT2D eigenvalue weighted by atomic mass is 16.5. The van der Waals surface area contributed by atoms with Crippen molar-refractivity contribution in [2.75, 3.05) is 7.11 Å². The second-order valence-corrected chi connectivity index (χ2v) is 3.03. The molecule has 2 rings (SSSR count). The van der Waals surface area contributed by atoms with E-state index in [1.165, 1.54) is 6.92 Å². The number of hydrogen-bond donors (Lipinski definition) is 1. The molecule has 0 aliphatic rings. The Labute approximate surface area is 80.9 Å². The van der Waals surface area contributed by atoms with Crippen molar-refractivity contribution in [3.63, 3.8) is 0 Å². The van der Waals surface area contributed by atoms with Crippen molar-refractivity contribution in [1.82, 2.24) is 9.97 Å². The van der Waals surface area contributed by atoms with E-state index in [1.807, 2.05) is 6.07 Å². The molecule has 0 bridgehead atoms. The number of methoxy groups -OCH3 is 1. The molecule has 0 aliphatic carbocycles. The summed E-state index contributed by atoms with van der Waals surface area (Å²) in [4.78, 5) is 18.3. The predicted molar refractivity (Wildman–Crippen MR) is 52.7 cm³/mol. The largest absolute Gasteiger partial charge is 0.495 e. The lowest BCUT2D eigenvalue weighted by Crippen LogP contribution is -1.91. The summed E-state index contributed by atoms with van der Waals surface area (Å²) < 4.78 is 5.02. The molecule has 0 amide bonds. The van der Waals surface area contributed by atoms with Gasteiger partial charge < -0.3 is 9.72 Å². The molecule has 4 heteroatoms. The van der Waals surface area contributed by atoms with Gasteiger partial charge in [0, 0.05) is 12.3 Å². The standard InChI is InChI=1S/C10H10N2O2/c1-6(13)8-5-11-9-3-7(14-2)4-12-10(8)9/h3-5,11H,1-2H3. The Morgan fingerprint density at radius 3 is 3.00 bits per heavy atom. The van der Waals surface area contributed by atoms with Gasteiger partial charge in [0.1, 0.15) is 5.75 Å². The Morgan fingerprint density at radius 2 is 2.36 bits per heavy atom. The monoisotopic (exact) mass is 190 g/mol. The van der Waals surface area contributed by atoms with Gasteiger partial charge >= 0.3 is 0 Å². The van der Waals surface area contributed by atoms with E-state index in [0.29, 0.717) is 16.8 Å². The molecule has 14 heavy (non-hydrogen) atoms. The summed E-state index contributed by atoms with van der Waals surface area (Å²) in [6, 6.07) is 1.81. The summed E-state index contributed by atoms with van der Waals surface area (Å²) in [5.41, 5.74) is 2.12. The molecule has 0 atom stereocenters. The zero-order valence-corrected chi connectivity index (χ0v) is 8.00. The highest BCUT2D eigenvalue weighted by Crippen LogP contribution is 2.20. The average molecular weight is 190 g/mol. The topological polar surface area (TPSA) is 55.0 Å². The molecule has 2 aromatic heterocycles. The molecule has 2 aromatic rings. The normalized spacial score (nSPS) is 10.4. The Hall–Kier alpha value is -1.84. The number of nitrogens with zero attached hydrogens (tertiary/aromatic N) is 1. The van der Waals surface area contributed by atoms with Crippen LogP contribution in [0.25, 0.3) is 11.0 Å². The number of Topliss-reactive ketones (excluding diaryl/α,β-unsaturated/α-hetero) is 1. The zero-order chi connectivity index (χ0) is 10.1. The van der Waals surface area contributed by atoms with Gasteiger partial charge in [0.05, 0.1) is 29.9 Å². The summed E-state index contributed by atoms with van der Waals surface area (Å²) >= 11 is 0. The lowest BCUT2D eigenvalue weighted by Gasteiger charge is -1.98. The molecular weight excluding hydrogens is 180 g/mol. The molecule has 0 unspecified atom stereocenters. The number of aromatic amines is 1. The van der Waals surface area contributed by atoms with E-state index in [2.05, 4.69) is 9.97 Å². The van der Waals surface area contributed by atoms with Crippen molar-refractivity contribution < 1.29 is 9.53 Å². The first-order valence-corrected chi connectivity index (χ1v) is 4.24. The number of ketones is 1. The third kappa shape index (κ3) is 1.25. The van der Waals surface area contributed by atoms with Crippen molar-refractivity contribution in [3.8, 4) is 5.75 Å². The van der Waals surface area contributed by atoms with Gasteiger partial charge in [-0.2, -0.15) is 0 Å². The van der Waals surface area contributed by atoms with E-state index in [-0.39, 0.29) is 5.78 Å². The lowest BCUT2D eigenvalue weighted by atomic mass is 10.2. The summed E-state index contributed by atoms with van der Waals surface area (Å²) in [5.74, 6) is 0.684. The minimum atomic E-state index is 0.00826. The maximum absolute atomic E-state index is 11.2. The number of hydrogen-bond acceptors (Lipinski definition) is 3. The number of H-pyrrole nitrogens is 1. The van der Waals surface area contributed by atoms with Crippen molar-refractivity contribution in [2.45, 2.75) is 6.92 Å². The van der Waals surface area contributed by atoms with Gasteiger partial charge in [-0.05, 0) is 6.92 Å². The van der Waals surface area contributed by atoms with E-state index >= 15 is 0 Å². The molecule has 0 fully saturated rings. The molecule has 72 valence electrons. The highest BCUT2D eigenvalue weighted by Gasteiger charge is 2.09. The minimum Gasteiger partial charge on any atom is -0.495 e. The van der Waals surface area contributed by atoms with Crippen LogP contribution in [0.3, 0.4) is 0 Å². The quantitative estimate of drug-likeness (QED) is 0.734. The molecule has 0 aromatic carbocycles. The Morgan fingerprint density at radius 1 is 1.57 bits per heavy atom. The van der Waals surface area contributed by atoms with Crippen molar-refractivity contribution in [1.29, 1.82) is 0 Å². The second kappa shape index (κ2) is 3.14. The van der Waals surface area contributed by atoms with Gasteiger partial charge in [0.15, 0.2) is 5.78 Å². The maximum atomic E-state index is 11.2. The SMILES string of the molecule is COc1cnc2c(C(C)=O)c[nH]c2c1. The Balaban J connectivity index is 2.65. The smallest absolute Gasteiger partial charge is 0.163 e. The Kier molecular flexibility index (Phi) is 1.96. The number of fused-ring (bicyclic) bond motifs is 1. The average Bonchev–Trinajstić information content (AvgIpc) is 2.59. The summed E-state index contributed by atoms with van der Waals surface area (Å²) in [6.45, 7) is 1.52. The van der Waals surface area contributed by atoms with Gasteiger partial charge in [-0.1, -0.05) is 0 Å². The molecule has 0 radical (unpaired) electrons. The molecule has 0 saturated carbocycles. The number of carbonyl (C=O) groups is 1. The molecule has 2 heterocycles. The first-order valence-electron chi connectivity index (χ1n) is 4.24. The van der Waals surface area contributed by atoms with Crippen LogP contribution in [-0.4, -0.2) is 22.9 Å². The fourth-order valence-electron chi connectivity index (χ4n) is 1.37. The zero-order valence-electron chi connectivity index (χ0n) is 8.00. The van der Waals surface area contributed by atoms with Crippen molar-refractivity contribution >= 4 is 16.8 Å². The number of aromatic nitrogens is 2. The molecule has 0 saturated heterocycles. The van der Waals surface area contributed by atoms with Crippen LogP contribution >= 0.6 is 0 Å². The molecule has 1 N–H and O–H groups in total. The lowest BCUT2D eigenvalue weighted by molar-refractivity contribution is 0.101. The maximum Gasteiger partial charge on any atom is 0.163 e. The van der Waals surface area contributed by atoms with E-state index in [1.54, 1.807) is 19.5 Å². The number of rotatable bonds is 2. The van der Waals surface area contributed by atoms with Crippen LogP contribution in [0, 0.1) is 0 Å². The molecule has 0 spiro atoms. The van der Waals surface area contributed by atoms with E-state index < -0.39 is 0 Å². The predicted octanol–water partition coefficient (Wildman–Crippen LogP) is 1.77. The van der Waals surface area contributed by atoms with Gasteiger partial charge in [0.25, 0.3) is 0 Å². The van der Waals surface area contributed by atoms with Crippen LogP contribution in [0.5, 0.6) is 5.75 Å². The van der Waals surface area contributed by atoms with Crippen molar-refractivity contribution in [3.05, 3.63) is 24.0 Å². The van der Waals surface area contributed by atoms with Crippen LogP contribution < -0.4 is 4.74 Å². The Bertz CT molecular complexity index is 488. The first kappa shape index (κ1) is 8.74. The third-order valence-electron chi connectivity index (χ3n) is 2.10. The third-order valence-corrected chi connectivity index (χ3v) is 2.10. The van der Waals surface area contributed by atoms with Crippen LogP contribution in [0.4, 0.5) is 0 Å². The number of nitrogens with one attached hydrogen (secondary N) is 1. The molecule has 4 nitrogen and oxygen atoms in total. The van der Waals surface area contributed by atoms with Crippen LogP contribution in [0.2, 0.25) is 0 Å². The van der Waals surface area contributed by atoms with E-state index in [4.69, 9.17) is 4.74 Å². The van der Waals surface area contributed by atoms with Crippen LogP contribution in [0.1, 0.15) is 17.3 Å². The second-order valence-electron chi connectivity index (χ2n) is 3.03. The van der Waals surface area contributed by atoms with Gasteiger partial charge in [-0.15, -0.1) is 0 Å². The van der Waals surface area contributed by atoms with E-state index in [9.17, 15) is 4.79 Å². The molecular formula is C10H10N2O2. The minimum absolute atomic E-state index is 0.00826. The summed E-state index contributed by atoms with van der Waals surface area (Å²) in [6.07, 6.45) is 3.27. The summed E-state index contributed by atoms with van der Waals surface area (Å²) in [7, 11) is 1.58. The number of ether oxygens (including phenoxy) is 1. The van der Waals surface area contributed by atoms with Crippen LogP contribution in [-0.2, 0) is 0 Å². The number of carbonyl (C=O) groups excluding carboxylic acids is 1. The fourth-order valence-corrected chi connectivity index (χ4v) is 1.37. The fraction of sp³-hybridized carbons (Fsp3) is 0.200. The number of pyridine rings is 1. The highest BCUT2D eigenvalue weighted by molar-refractivity contribution is 6.05. The summed E-state index contributed by atoms with van der Waals surface area (Å²) in [5, 5.41) is 0.